The zero-order chi connectivity index (χ0) is 21.5. The Morgan fingerprint density at radius 3 is 2.71 bits per heavy atom. The van der Waals surface area contributed by atoms with Crippen LogP contribution in [0.15, 0.2) is 83.8 Å². The van der Waals surface area contributed by atoms with Gasteiger partial charge in [-0.3, -0.25) is 14.2 Å². The normalized spacial score (nSPS) is 11.3. The Hall–Kier alpha value is -3.65. The highest BCUT2D eigenvalue weighted by molar-refractivity contribution is 9.10. The molecule has 5 aromatic rings. The number of furan rings is 1. The fraction of sp³-hybridized carbons (Fsp3) is 0.0870. The number of nitrogens with zero attached hydrogens (tertiary/aromatic N) is 2. The van der Waals surface area contributed by atoms with E-state index in [9.17, 15) is 9.59 Å². The Morgan fingerprint density at radius 2 is 1.97 bits per heavy atom. The van der Waals surface area contributed by atoms with E-state index in [4.69, 9.17) is 13.6 Å². The van der Waals surface area contributed by atoms with Crippen LogP contribution in [0.2, 0.25) is 0 Å². The third kappa shape index (κ3) is 3.34. The summed E-state index contributed by atoms with van der Waals surface area (Å²) in [4.78, 5) is 31.3. The number of aromatic nitrogens is 2. The van der Waals surface area contributed by atoms with Crippen LogP contribution in [0, 0.1) is 0 Å². The summed E-state index contributed by atoms with van der Waals surface area (Å²) in [5.41, 5.74) is 0.0238. The summed E-state index contributed by atoms with van der Waals surface area (Å²) in [7, 11) is 1.53. The molecule has 0 unspecified atom stereocenters. The summed E-state index contributed by atoms with van der Waals surface area (Å²) in [6.07, 6.45) is 1.53. The summed E-state index contributed by atoms with van der Waals surface area (Å²) in [5.74, 6) is 1.46. The van der Waals surface area contributed by atoms with Gasteiger partial charge in [-0.25, -0.2) is 0 Å². The molecular weight excluding hydrogens is 464 g/mol. The fourth-order valence-electron chi connectivity index (χ4n) is 3.50. The van der Waals surface area contributed by atoms with Crippen molar-refractivity contribution in [3.63, 3.8) is 0 Å². The van der Waals surface area contributed by atoms with Crippen molar-refractivity contribution in [3.05, 3.63) is 91.7 Å². The molecule has 31 heavy (non-hydrogen) atoms. The maximum absolute atomic E-state index is 13.5. The Bertz CT molecular complexity index is 1550. The number of rotatable bonds is 4. The number of methoxy groups -OCH3 is 1. The van der Waals surface area contributed by atoms with Gasteiger partial charge in [0.25, 0.3) is 5.56 Å². The van der Waals surface area contributed by atoms with E-state index in [1.54, 1.807) is 30.3 Å². The fourth-order valence-corrected chi connectivity index (χ4v) is 3.90. The molecule has 8 heteroatoms. The first kappa shape index (κ1) is 19.3. The van der Waals surface area contributed by atoms with E-state index in [2.05, 4.69) is 20.9 Å². The second-order valence-corrected chi connectivity index (χ2v) is 7.81. The van der Waals surface area contributed by atoms with Gasteiger partial charge in [0.1, 0.15) is 22.9 Å². The number of fused-ring (bicyclic) bond motifs is 2. The molecule has 5 rings (SSSR count). The largest absolute Gasteiger partial charge is 0.497 e. The van der Waals surface area contributed by atoms with Crippen molar-refractivity contribution >= 4 is 38.0 Å². The molecule has 0 atom stereocenters. The molecular formula is C23H15BrN2O5. The Kier molecular flexibility index (Phi) is 4.71. The lowest BCUT2D eigenvalue weighted by molar-refractivity contribution is 0.414. The molecule has 0 aliphatic rings. The molecule has 154 valence electrons. The van der Waals surface area contributed by atoms with Crippen molar-refractivity contribution in [1.82, 2.24) is 9.55 Å². The first-order chi connectivity index (χ1) is 15.0. The lowest BCUT2D eigenvalue weighted by Gasteiger charge is -2.13. The van der Waals surface area contributed by atoms with E-state index in [-0.39, 0.29) is 23.0 Å². The minimum atomic E-state index is -0.497. The molecule has 2 aromatic carbocycles. The first-order valence-electron chi connectivity index (χ1n) is 9.39. The van der Waals surface area contributed by atoms with Gasteiger partial charge in [-0.15, -0.1) is 0 Å². The highest BCUT2D eigenvalue weighted by atomic mass is 79.9. The highest BCUT2D eigenvalue weighted by Crippen LogP contribution is 2.25. The number of halogens is 1. The van der Waals surface area contributed by atoms with Gasteiger partial charge >= 0.3 is 0 Å². The molecule has 0 aliphatic carbocycles. The minimum absolute atomic E-state index is 0.0265. The van der Waals surface area contributed by atoms with Crippen LogP contribution >= 0.6 is 15.9 Å². The van der Waals surface area contributed by atoms with E-state index >= 15 is 0 Å². The number of ether oxygens (including phenoxy) is 1. The quantitative estimate of drug-likeness (QED) is 0.351. The predicted molar refractivity (Wildman–Crippen MR) is 120 cm³/mol. The lowest BCUT2D eigenvalue weighted by atomic mass is 10.1. The molecule has 0 saturated carbocycles. The van der Waals surface area contributed by atoms with Crippen LogP contribution in [-0.4, -0.2) is 16.7 Å². The van der Waals surface area contributed by atoms with Gasteiger partial charge in [0.2, 0.25) is 11.1 Å². The Balaban J connectivity index is 1.87. The molecule has 0 spiro atoms. The lowest BCUT2D eigenvalue weighted by Crippen LogP contribution is -2.28. The number of benzene rings is 2. The first-order valence-corrected chi connectivity index (χ1v) is 10.2. The van der Waals surface area contributed by atoms with Crippen LogP contribution in [0.1, 0.15) is 5.76 Å². The van der Waals surface area contributed by atoms with Crippen molar-refractivity contribution in [1.29, 1.82) is 0 Å². The zero-order valence-corrected chi connectivity index (χ0v) is 17.9. The van der Waals surface area contributed by atoms with Crippen LogP contribution in [0.4, 0.5) is 0 Å². The van der Waals surface area contributed by atoms with Crippen LogP contribution in [-0.2, 0) is 6.54 Å². The molecule has 0 fully saturated rings. The molecule has 3 heterocycles. The Morgan fingerprint density at radius 1 is 1.10 bits per heavy atom. The monoisotopic (exact) mass is 478 g/mol. The average Bonchev–Trinajstić information content (AvgIpc) is 3.28. The predicted octanol–water partition coefficient (Wildman–Crippen LogP) is 4.58. The maximum atomic E-state index is 13.5. The molecule has 0 saturated heterocycles. The van der Waals surface area contributed by atoms with Crippen molar-refractivity contribution in [2.45, 2.75) is 6.54 Å². The second-order valence-electron chi connectivity index (χ2n) is 6.89. The van der Waals surface area contributed by atoms with E-state index in [1.807, 2.05) is 24.3 Å². The van der Waals surface area contributed by atoms with Gasteiger partial charge in [0.05, 0.1) is 25.3 Å². The van der Waals surface area contributed by atoms with E-state index in [1.165, 1.54) is 17.9 Å². The highest BCUT2D eigenvalue weighted by Gasteiger charge is 2.20. The molecule has 3 aromatic heterocycles. The van der Waals surface area contributed by atoms with Crippen LogP contribution in [0.5, 0.6) is 5.75 Å². The van der Waals surface area contributed by atoms with Crippen molar-refractivity contribution in [3.8, 4) is 17.1 Å². The molecule has 0 amide bonds. The van der Waals surface area contributed by atoms with E-state index < -0.39 is 11.0 Å². The van der Waals surface area contributed by atoms with Gasteiger partial charge in [-0.2, -0.15) is 4.98 Å². The van der Waals surface area contributed by atoms with E-state index in [0.29, 0.717) is 28.5 Å². The van der Waals surface area contributed by atoms with Gasteiger partial charge in [-0.05, 0) is 36.4 Å². The third-order valence-corrected chi connectivity index (χ3v) is 5.47. The summed E-state index contributed by atoms with van der Waals surface area (Å²) >= 11 is 3.45. The van der Waals surface area contributed by atoms with Crippen LogP contribution in [0.3, 0.4) is 0 Å². The number of hydrogen-bond donors (Lipinski definition) is 0. The molecule has 0 N–H and O–H groups in total. The summed E-state index contributed by atoms with van der Waals surface area (Å²) in [6.45, 7) is 0.122. The Labute approximate surface area is 183 Å². The smallest absolute Gasteiger partial charge is 0.269 e. The van der Waals surface area contributed by atoms with E-state index in [0.717, 1.165) is 4.47 Å². The third-order valence-electron chi connectivity index (χ3n) is 4.98. The topological polar surface area (TPSA) is 87.5 Å². The van der Waals surface area contributed by atoms with Crippen LogP contribution in [0.25, 0.3) is 33.5 Å². The number of hydrogen-bond acceptors (Lipinski definition) is 6. The van der Waals surface area contributed by atoms with Crippen LogP contribution < -0.4 is 15.7 Å². The standard InChI is InChI=1S/C23H15BrN2O5/c1-29-15-7-8-17-18(11-15)31-22-19(20(17)27)23(28)26(12-16-6-3-9-30-16)21(25-22)13-4-2-5-14(24)10-13/h2-11H,12H2,1H3. The molecule has 7 nitrogen and oxygen atoms in total. The summed E-state index contributed by atoms with van der Waals surface area (Å²) in [6, 6.07) is 15.7. The van der Waals surface area contributed by atoms with Crippen molar-refractivity contribution in [2.75, 3.05) is 7.11 Å². The molecule has 0 aliphatic heterocycles. The van der Waals surface area contributed by atoms with Gasteiger partial charge in [-0.1, -0.05) is 28.1 Å². The van der Waals surface area contributed by atoms with Gasteiger partial charge < -0.3 is 13.6 Å². The molecule has 0 bridgehead atoms. The SMILES string of the molecule is COc1ccc2c(=O)c3c(=O)n(Cc4ccco4)c(-c4cccc(Br)c4)nc3oc2c1. The van der Waals surface area contributed by atoms with Gasteiger partial charge in [0, 0.05) is 16.1 Å². The summed E-state index contributed by atoms with van der Waals surface area (Å²) < 4.78 is 18.8. The minimum Gasteiger partial charge on any atom is -0.497 e. The van der Waals surface area contributed by atoms with Crippen molar-refractivity contribution in [2.24, 2.45) is 0 Å². The van der Waals surface area contributed by atoms with Gasteiger partial charge in [0.15, 0.2) is 5.39 Å². The van der Waals surface area contributed by atoms with Crippen molar-refractivity contribution < 1.29 is 13.6 Å². The average molecular weight is 479 g/mol. The molecule has 0 radical (unpaired) electrons. The second kappa shape index (κ2) is 7.55. The summed E-state index contributed by atoms with van der Waals surface area (Å²) in [5, 5.41) is 0.176. The zero-order valence-electron chi connectivity index (χ0n) is 16.3. The maximum Gasteiger partial charge on any atom is 0.269 e.